The monoisotopic (exact) mass is 269 g/mol. The summed E-state index contributed by atoms with van der Waals surface area (Å²) in [5, 5.41) is 3.73. The number of amides is 1. The fraction of sp³-hybridized carbons (Fsp3) is 0.462. The summed E-state index contributed by atoms with van der Waals surface area (Å²) in [4.78, 5) is 11.5. The van der Waals surface area contributed by atoms with E-state index in [1.54, 1.807) is 11.8 Å². The van der Waals surface area contributed by atoms with Crippen molar-refractivity contribution in [2.24, 2.45) is 5.92 Å². The van der Waals surface area contributed by atoms with Crippen molar-refractivity contribution in [2.75, 3.05) is 12.3 Å². The fourth-order valence-electron chi connectivity index (χ4n) is 1.50. The lowest BCUT2D eigenvalue weighted by Gasteiger charge is -2.05. The third-order valence-corrected chi connectivity index (χ3v) is 4.08. The number of benzene rings is 1. The van der Waals surface area contributed by atoms with E-state index in [4.69, 9.17) is 11.6 Å². The van der Waals surface area contributed by atoms with E-state index < -0.39 is 0 Å². The topological polar surface area (TPSA) is 29.1 Å². The van der Waals surface area contributed by atoms with Crippen LogP contribution in [0.3, 0.4) is 0 Å². The van der Waals surface area contributed by atoms with E-state index in [9.17, 15) is 4.79 Å². The molecular formula is C13H16ClNOS. The van der Waals surface area contributed by atoms with Crippen LogP contribution in [0.5, 0.6) is 0 Å². The summed E-state index contributed by atoms with van der Waals surface area (Å²) in [5.41, 5.74) is 1.09. The summed E-state index contributed by atoms with van der Waals surface area (Å²) in [6, 6.07) is 7.76. The number of rotatable bonds is 6. The van der Waals surface area contributed by atoms with Crippen LogP contribution in [0, 0.1) is 5.92 Å². The Morgan fingerprint density at radius 2 is 2.18 bits per heavy atom. The number of carbonyl (C=O) groups is 1. The molecule has 1 saturated carbocycles. The first-order valence-electron chi connectivity index (χ1n) is 5.83. The molecule has 2 nitrogen and oxygen atoms in total. The molecule has 1 aliphatic rings. The van der Waals surface area contributed by atoms with E-state index in [1.807, 2.05) is 24.3 Å². The molecular weight excluding hydrogens is 254 g/mol. The standard InChI is InChI=1S/C13H16ClNOS/c14-12-4-2-1-3-11(12)8-17-9-13(16)15-7-10-5-6-10/h1-4,10H,5-9H2,(H,15,16). The van der Waals surface area contributed by atoms with Crippen molar-refractivity contribution in [3.63, 3.8) is 0 Å². The van der Waals surface area contributed by atoms with Gasteiger partial charge in [0.1, 0.15) is 0 Å². The van der Waals surface area contributed by atoms with E-state index in [-0.39, 0.29) is 5.91 Å². The van der Waals surface area contributed by atoms with Crippen LogP contribution in [0.2, 0.25) is 5.02 Å². The van der Waals surface area contributed by atoms with Gasteiger partial charge in [-0.15, -0.1) is 11.8 Å². The minimum absolute atomic E-state index is 0.133. The minimum Gasteiger partial charge on any atom is -0.355 e. The number of carbonyl (C=O) groups excluding carboxylic acids is 1. The van der Waals surface area contributed by atoms with Crippen molar-refractivity contribution in [2.45, 2.75) is 18.6 Å². The Labute approximate surface area is 111 Å². The van der Waals surface area contributed by atoms with Crippen LogP contribution in [0.1, 0.15) is 18.4 Å². The lowest BCUT2D eigenvalue weighted by molar-refractivity contribution is -0.118. The smallest absolute Gasteiger partial charge is 0.230 e. The molecule has 4 heteroatoms. The molecule has 1 aliphatic carbocycles. The summed E-state index contributed by atoms with van der Waals surface area (Å²) in [6.07, 6.45) is 2.54. The summed E-state index contributed by atoms with van der Waals surface area (Å²) >= 11 is 7.64. The van der Waals surface area contributed by atoms with Gasteiger partial charge >= 0.3 is 0 Å². The average Bonchev–Trinajstić information content (AvgIpc) is 3.13. The van der Waals surface area contributed by atoms with Crippen LogP contribution in [-0.2, 0) is 10.5 Å². The molecule has 0 aliphatic heterocycles. The van der Waals surface area contributed by atoms with Gasteiger partial charge in [-0.2, -0.15) is 0 Å². The van der Waals surface area contributed by atoms with Crippen LogP contribution in [0.15, 0.2) is 24.3 Å². The summed E-state index contributed by atoms with van der Waals surface area (Å²) in [5.74, 6) is 2.18. The highest BCUT2D eigenvalue weighted by molar-refractivity contribution is 7.99. The Morgan fingerprint density at radius 1 is 1.41 bits per heavy atom. The van der Waals surface area contributed by atoms with Gasteiger partial charge < -0.3 is 5.32 Å². The number of halogens is 1. The molecule has 0 spiro atoms. The van der Waals surface area contributed by atoms with E-state index >= 15 is 0 Å². The van der Waals surface area contributed by atoms with Gasteiger partial charge in [-0.05, 0) is 30.4 Å². The van der Waals surface area contributed by atoms with Gasteiger partial charge in [-0.3, -0.25) is 4.79 Å². The van der Waals surface area contributed by atoms with E-state index in [0.29, 0.717) is 5.75 Å². The second-order valence-corrected chi connectivity index (χ2v) is 5.72. The van der Waals surface area contributed by atoms with Crippen molar-refractivity contribution in [1.82, 2.24) is 5.32 Å². The zero-order valence-corrected chi connectivity index (χ0v) is 11.2. The number of hydrogen-bond acceptors (Lipinski definition) is 2. The molecule has 0 radical (unpaired) electrons. The van der Waals surface area contributed by atoms with Crippen molar-refractivity contribution >= 4 is 29.3 Å². The Bertz CT molecular complexity index is 393. The zero-order chi connectivity index (χ0) is 12.1. The van der Waals surface area contributed by atoms with Gasteiger partial charge in [0.15, 0.2) is 0 Å². The maximum Gasteiger partial charge on any atom is 0.230 e. The second kappa shape index (κ2) is 6.31. The SMILES string of the molecule is O=C(CSCc1ccccc1Cl)NCC1CC1. The van der Waals surface area contributed by atoms with Gasteiger partial charge in [0, 0.05) is 17.3 Å². The molecule has 0 saturated heterocycles. The number of thioether (sulfide) groups is 1. The van der Waals surface area contributed by atoms with Crippen LogP contribution in [0.4, 0.5) is 0 Å². The van der Waals surface area contributed by atoms with Crippen molar-refractivity contribution in [3.05, 3.63) is 34.9 Å². The molecule has 1 N–H and O–H groups in total. The van der Waals surface area contributed by atoms with Gasteiger partial charge in [-0.25, -0.2) is 0 Å². The van der Waals surface area contributed by atoms with Gasteiger partial charge in [-0.1, -0.05) is 29.8 Å². The maximum absolute atomic E-state index is 11.5. The molecule has 0 unspecified atom stereocenters. The molecule has 1 fully saturated rings. The fourth-order valence-corrected chi connectivity index (χ4v) is 2.64. The van der Waals surface area contributed by atoms with Crippen molar-refractivity contribution in [3.8, 4) is 0 Å². The molecule has 17 heavy (non-hydrogen) atoms. The molecule has 0 bridgehead atoms. The Morgan fingerprint density at radius 3 is 2.88 bits per heavy atom. The highest BCUT2D eigenvalue weighted by Gasteiger charge is 2.21. The third kappa shape index (κ3) is 4.60. The molecule has 2 rings (SSSR count). The molecule has 1 aromatic rings. The van der Waals surface area contributed by atoms with Crippen LogP contribution >= 0.6 is 23.4 Å². The Kier molecular flexibility index (Phi) is 4.75. The summed E-state index contributed by atoms with van der Waals surface area (Å²) in [7, 11) is 0. The highest BCUT2D eigenvalue weighted by atomic mass is 35.5. The lowest BCUT2D eigenvalue weighted by Crippen LogP contribution is -2.27. The van der Waals surface area contributed by atoms with E-state index in [2.05, 4.69) is 5.32 Å². The van der Waals surface area contributed by atoms with Gasteiger partial charge in [0.2, 0.25) is 5.91 Å². The van der Waals surface area contributed by atoms with Gasteiger partial charge in [0.25, 0.3) is 0 Å². The Balaban J connectivity index is 1.64. The first-order valence-corrected chi connectivity index (χ1v) is 7.37. The van der Waals surface area contributed by atoms with Crippen molar-refractivity contribution < 1.29 is 4.79 Å². The van der Waals surface area contributed by atoms with E-state index in [1.165, 1.54) is 12.8 Å². The minimum atomic E-state index is 0.133. The molecule has 92 valence electrons. The summed E-state index contributed by atoms with van der Waals surface area (Å²) < 4.78 is 0. The quantitative estimate of drug-likeness (QED) is 0.860. The molecule has 1 amide bonds. The largest absolute Gasteiger partial charge is 0.355 e. The molecule has 0 aromatic heterocycles. The predicted octanol–water partition coefficient (Wildman–Crippen LogP) is 3.10. The van der Waals surface area contributed by atoms with Crippen molar-refractivity contribution in [1.29, 1.82) is 0 Å². The third-order valence-electron chi connectivity index (χ3n) is 2.73. The normalized spacial score (nSPS) is 14.6. The summed E-state index contributed by atoms with van der Waals surface area (Å²) in [6.45, 7) is 0.853. The van der Waals surface area contributed by atoms with Crippen LogP contribution < -0.4 is 5.32 Å². The van der Waals surface area contributed by atoms with E-state index in [0.717, 1.165) is 28.8 Å². The van der Waals surface area contributed by atoms with Crippen LogP contribution in [-0.4, -0.2) is 18.2 Å². The number of nitrogens with one attached hydrogen (secondary N) is 1. The average molecular weight is 270 g/mol. The highest BCUT2D eigenvalue weighted by Crippen LogP contribution is 2.27. The first kappa shape index (κ1) is 12.8. The first-order chi connectivity index (χ1) is 8.25. The maximum atomic E-state index is 11.5. The molecule has 0 atom stereocenters. The van der Waals surface area contributed by atoms with Crippen LogP contribution in [0.25, 0.3) is 0 Å². The van der Waals surface area contributed by atoms with Gasteiger partial charge in [0.05, 0.1) is 5.75 Å². The molecule has 0 heterocycles. The number of hydrogen-bond donors (Lipinski definition) is 1. The Hall–Kier alpha value is -0.670. The zero-order valence-electron chi connectivity index (χ0n) is 9.62. The molecule has 1 aromatic carbocycles. The lowest BCUT2D eigenvalue weighted by atomic mass is 10.2. The second-order valence-electron chi connectivity index (χ2n) is 4.33. The predicted molar refractivity (Wildman–Crippen MR) is 73.3 cm³/mol.